The first-order valence-electron chi connectivity index (χ1n) is 11.4. The highest BCUT2D eigenvalue weighted by Gasteiger charge is 2.53. The van der Waals surface area contributed by atoms with Crippen LogP contribution in [-0.4, -0.2) is 55.1 Å². The number of fused-ring (bicyclic) bond motifs is 1. The van der Waals surface area contributed by atoms with Crippen molar-refractivity contribution in [3.63, 3.8) is 0 Å². The van der Waals surface area contributed by atoms with Crippen molar-refractivity contribution in [3.05, 3.63) is 65.7 Å². The topological polar surface area (TPSA) is 84.9 Å². The number of anilines is 1. The van der Waals surface area contributed by atoms with Gasteiger partial charge in [0.2, 0.25) is 5.54 Å². The van der Waals surface area contributed by atoms with Gasteiger partial charge in [0, 0.05) is 25.7 Å². The summed E-state index contributed by atoms with van der Waals surface area (Å²) in [5.41, 5.74) is 1.17. The third-order valence-corrected chi connectivity index (χ3v) is 5.90. The van der Waals surface area contributed by atoms with Gasteiger partial charge < -0.3 is 19.7 Å². The number of rotatable bonds is 10. The van der Waals surface area contributed by atoms with Crippen molar-refractivity contribution in [1.82, 2.24) is 4.90 Å². The van der Waals surface area contributed by atoms with Crippen LogP contribution in [-0.2, 0) is 36.7 Å². The predicted molar refractivity (Wildman–Crippen MR) is 126 cm³/mol. The largest absolute Gasteiger partial charge is 0.466 e. The smallest absolute Gasteiger partial charge is 0.342 e. The summed E-state index contributed by atoms with van der Waals surface area (Å²) in [4.78, 5) is 40.8. The van der Waals surface area contributed by atoms with E-state index < -0.39 is 23.3 Å². The average molecular weight is 453 g/mol. The summed E-state index contributed by atoms with van der Waals surface area (Å²) in [6.45, 7) is 4.04. The van der Waals surface area contributed by atoms with Gasteiger partial charge in [-0.1, -0.05) is 48.5 Å². The van der Waals surface area contributed by atoms with Crippen LogP contribution in [0.3, 0.4) is 0 Å². The van der Waals surface area contributed by atoms with Gasteiger partial charge in [-0.25, -0.2) is 4.79 Å². The van der Waals surface area contributed by atoms with E-state index in [4.69, 9.17) is 9.47 Å². The number of nitrogens with one attached hydrogen (secondary N) is 1. The van der Waals surface area contributed by atoms with Crippen LogP contribution in [0.2, 0.25) is 0 Å². The number of amides is 1. The zero-order valence-electron chi connectivity index (χ0n) is 19.5. The van der Waals surface area contributed by atoms with E-state index in [9.17, 15) is 14.4 Å². The van der Waals surface area contributed by atoms with Crippen LogP contribution >= 0.6 is 0 Å². The number of hydrogen-bond donors (Lipinski definition) is 1. The van der Waals surface area contributed by atoms with Crippen molar-refractivity contribution in [2.45, 2.75) is 38.6 Å². The molecule has 1 aliphatic heterocycles. The zero-order valence-corrected chi connectivity index (χ0v) is 19.5. The van der Waals surface area contributed by atoms with Crippen molar-refractivity contribution < 1.29 is 23.9 Å². The molecule has 176 valence electrons. The van der Waals surface area contributed by atoms with Crippen molar-refractivity contribution in [3.8, 4) is 0 Å². The number of aryl methyl sites for hydroxylation is 1. The Balaban J connectivity index is 1.78. The quantitative estimate of drug-likeness (QED) is 0.440. The Morgan fingerprint density at radius 2 is 1.67 bits per heavy atom. The minimum absolute atomic E-state index is 0.143. The van der Waals surface area contributed by atoms with Gasteiger partial charge in [0.1, 0.15) is 0 Å². The average Bonchev–Trinajstić information content (AvgIpc) is 3.23. The highest BCUT2D eigenvalue weighted by Crippen LogP contribution is 2.35. The van der Waals surface area contributed by atoms with E-state index >= 15 is 0 Å². The summed E-state index contributed by atoms with van der Waals surface area (Å²) in [6, 6.07) is 17.3. The van der Waals surface area contributed by atoms with E-state index in [1.807, 2.05) is 54.6 Å². The number of carbonyl (C=O) groups excluding carboxylic acids is 3. The molecule has 0 saturated carbocycles. The molecular formula is C26H32N2O5. The van der Waals surface area contributed by atoms with Crippen molar-refractivity contribution in [2.75, 3.05) is 32.1 Å². The van der Waals surface area contributed by atoms with Crippen LogP contribution in [0.1, 0.15) is 31.4 Å². The van der Waals surface area contributed by atoms with Crippen LogP contribution in [0.5, 0.6) is 0 Å². The van der Waals surface area contributed by atoms with Crippen LogP contribution in [0.25, 0.3) is 0 Å². The molecule has 0 unspecified atom stereocenters. The van der Waals surface area contributed by atoms with E-state index in [0.29, 0.717) is 12.8 Å². The second-order valence-electron chi connectivity index (χ2n) is 8.24. The molecule has 0 spiro atoms. The molecule has 7 nitrogen and oxygen atoms in total. The second kappa shape index (κ2) is 11.0. The number of nitrogens with zero attached hydrogens (tertiary/aromatic N) is 1. The molecule has 2 aromatic rings. The number of carbonyl (C=O) groups is 3. The van der Waals surface area contributed by atoms with Crippen LogP contribution in [0.4, 0.5) is 5.69 Å². The molecular weight excluding hydrogens is 420 g/mol. The van der Waals surface area contributed by atoms with E-state index in [1.165, 1.54) is 4.90 Å². The van der Waals surface area contributed by atoms with Gasteiger partial charge in [-0.2, -0.15) is 0 Å². The molecule has 0 radical (unpaired) electrons. The minimum Gasteiger partial charge on any atom is -0.466 e. The van der Waals surface area contributed by atoms with Crippen LogP contribution in [0, 0.1) is 5.92 Å². The van der Waals surface area contributed by atoms with E-state index in [0.717, 1.165) is 16.8 Å². The molecule has 0 aromatic heterocycles. The van der Waals surface area contributed by atoms with Crippen molar-refractivity contribution in [1.29, 1.82) is 0 Å². The molecule has 0 bridgehead atoms. The summed E-state index contributed by atoms with van der Waals surface area (Å²) < 4.78 is 10.6. The van der Waals surface area contributed by atoms with Gasteiger partial charge in [-0.3, -0.25) is 9.59 Å². The molecule has 0 aliphatic carbocycles. The number of para-hydroxylation sites is 1. The van der Waals surface area contributed by atoms with Gasteiger partial charge in [0.25, 0.3) is 5.91 Å². The number of hydrogen-bond acceptors (Lipinski definition) is 6. The molecule has 3 rings (SSSR count). The molecule has 0 fully saturated rings. The molecule has 33 heavy (non-hydrogen) atoms. The number of benzene rings is 2. The summed E-state index contributed by atoms with van der Waals surface area (Å²) in [5, 5.41) is 3.12. The molecule has 0 saturated heterocycles. The van der Waals surface area contributed by atoms with Crippen LogP contribution < -0.4 is 5.32 Å². The fraction of sp³-hybridized carbons (Fsp3) is 0.423. The third-order valence-electron chi connectivity index (χ3n) is 5.90. The normalized spacial score (nSPS) is 17.4. The van der Waals surface area contributed by atoms with E-state index in [1.54, 1.807) is 20.9 Å². The molecule has 2 aromatic carbocycles. The van der Waals surface area contributed by atoms with E-state index in [2.05, 4.69) is 5.32 Å². The molecule has 1 amide bonds. The van der Waals surface area contributed by atoms with Gasteiger partial charge in [0.05, 0.1) is 19.1 Å². The standard InChI is InChI=1S/C26H32N2O5/c1-4-32-23(29)21(16-15-19-11-7-6-8-12-19)18-28(3)24(30)26(25(31)33-5-2)17-20-13-9-10-14-22(20)27-26/h6-14,21,27H,4-5,15-18H2,1-3H3/t21-,26+/m1/s1. The highest BCUT2D eigenvalue weighted by atomic mass is 16.5. The Morgan fingerprint density at radius 1 is 1.00 bits per heavy atom. The first-order valence-corrected chi connectivity index (χ1v) is 11.4. The summed E-state index contributed by atoms with van der Waals surface area (Å²) in [6.07, 6.45) is 1.40. The summed E-state index contributed by atoms with van der Waals surface area (Å²) in [7, 11) is 1.61. The molecule has 1 aliphatic rings. The number of likely N-dealkylation sites (N-methyl/N-ethyl adjacent to an activating group) is 1. The second-order valence-corrected chi connectivity index (χ2v) is 8.24. The SMILES string of the molecule is CCOC(=O)[C@H](CCc1ccccc1)CN(C)C(=O)[C@]1(C(=O)OCC)Cc2ccccc2N1. The number of ether oxygens (including phenoxy) is 2. The van der Waals surface area contributed by atoms with Gasteiger partial charge >= 0.3 is 11.9 Å². The van der Waals surface area contributed by atoms with Crippen molar-refractivity contribution in [2.24, 2.45) is 5.92 Å². The maximum atomic E-state index is 13.7. The molecule has 7 heteroatoms. The monoisotopic (exact) mass is 452 g/mol. The summed E-state index contributed by atoms with van der Waals surface area (Å²) >= 11 is 0. The zero-order chi connectivity index (χ0) is 23.8. The minimum atomic E-state index is -1.55. The lowest BCUT2D eigenvalue weighted by Crippen LogP contribution is -2.59. The van der Waals surface area contributed by atoms with E-state index in [-0.39, 0.29) is 32.1 Å². The Morgan fingerprint density at radius 3 is 2.33 bits per heavy atom. The first kappa shape index (κ1) is 24.3. The van der Waals surface area contributed by atoms with Gasteiger partial charge in [-0.05, 0) is 43.9 Å². The molecule has 1 heterocycles. The summed E-state index contributed by atoms with van der Waals surface area (Å²) in [5.74, 6) is -1.90. The highest BCUT2D eigenvalue weighted by molar-refractivity contribution is 6.12. The van der Waals surface area contributed by atoms with Crippen molar-refractivity contribution >= 4 is 23.5 Å². The maximum Gasteiger partial charge on any atom is 0.342 e. The van der Waals surface area contributed by atoms with Gasteiger partial charge in [-0.15, -0.1) is 0 Å². The Hall–Kier alpha value is -3.35. The fourth-order valence-electron chi connectivity index (χ4n) is 4.22. The van der Waals surface area contributed by atoms with Gasteiger partial charge in [0.15, 0.2) is 0 Å². The Labute approximate surface area is 195 Å². The first-order chi connectivity index (χ1) is 15.9. The lowest BCUT2D eigenvalue weighted by atomic mass is 9.92. The fourth-order valence-corrected chi connectivity index (χ4v) is 4.22. The van der Waals surface area contributed by atoms with Crippen LogP contribution in [0.15, 0.2) is 54.6 Å². The molecule has 1 N–H and O–H groups in total. The lowest BCUT2D eigenvalue weighted by Gasteiger charge is -2.32. The maximum absolute atomic E-state index is 13.7. The Kier molecular flexibility index (Phi) is 8.09. The lowest BCUT2D eigenvalue weighted by molar-refractivity contribution is -0.156. The number of esters is 2. The molecule has 2 atom stereocenters. The third kappa shape index (κ3) is 5.53. The Bertz CT molecular complexity index is 951. The predicted octanol–water partition coefficient (Wildman–Crippen LogP) is 3.23.